The molecular weight excluding hydrogens is 174 g/mol. The van der Waals surface area contributed by atoms with Crippen LogP contribution in [0.15, 0.2) is 0 Å². The molecule has 1 aliphatic rings. The van der Waals surface area contributed by atoms with Gasteiger partial charge in [-0.05, 0) is 18.4 Å². The van der Waals surface area contributed by atoms with Gasteiger partial charge in [0.2, 0.25) is 0 Å². The third-order valence-electron chi connectivity index (χ3n) is 3.13. The van der Waals surface area contributed by atoms with Crippen molar-refractivity contribution in [1.82, 2.24) is 0 Å². The molecule has 2 N–H and O–H groups in total. The van der Waals surface area contributed by atoms with E-state index in [1.165, 1.54) is 44.6 Å². The summed E-state index contributed by atoms with van der Waals surface area (Å²) in [4.78, 5) is 0. The van der Waals surface area contributed by atoms with Crippen molar-refractivity contribution >= 4 is 8.80 Å². The van der Waals surface area contributed by atoms with Crippen molar-refractivity contribution in [2.24, 2.45) is 11.7 Å². The quantitative estimate of drug-likeness (QED) is 0.692. The fraction of sp³-hybridized carbons (Fsp3) is 1.00. The van der Waals surface area contributed by atoms with E-state index in [0.29, 0.717) is 6.04 Å². The van der Waals surface area contributed by atoms with Gasteiger partial charge >= 0.3 is 0 Å². The van der Waals surface area contributed by atoms with E-state index in [1.807, 2.05) is 0 Å². The van der Waals surface area contributed by atoms with Crippen LogP contribution in [0.25, 0.3) is 0 Å². The Morgan fingerprint density at radius 1 is 1.23 bits per heavy atom. The van der Waals surface area contributed by atoms with Crippen LogP contribution in [0.5, 0.6) is 0 Å². The van der Waals surface area contributed by atoms with Crippen LogP contribution in [-0.4, -0.2) is 14.8 Å². The number of rotatable bonds is 4. The second kappa shape index (κ2) is 5.81. The summed E-state index contributed by atoms with van der Waals surface area (Å²) in [5.74, 6) is 0.969. The topological polar surface area (TPSA) is 26.0 Å². The van der Waals surface area contributed by atoms with Gasteiger partial charge < -0.3 is 5.73 Å². The fourth-order valence-electron chi connectivity index (χ4n) is 2.55. The second-order valence-electron chi connectivity index (χ2n) is 5.13. The summed E-state index contributed by atoms with van der Waals surface area (Å²) in [7, 11) is -0.425. The van der Waals surface area contributed by atoms with E-state index < -0.39 is 8.80 Å². The summed E-state index contributed by atoms with van der Waals surface area (Å²) in [6, 6.07) is 1.87. The molecule has 1 saturated carbocycles. The first-order valence-corrected chi connectivity index (χ1v) is 9.06. The zero-order chi connectivity index (χ0) is 9.68. The highest BCUT2D eigenvalue weighted by Gasteiger charge is 2.17. The van der Waals surface area contributed by atoms with E-state index in [-0.39, 0.29) is 0 Å². The average Bonchev–Trinajstić information content (AvgIpc) is 2.04. The van der Waals surface area contributed by atoms with Gasteiger partial charge in [0.25, 0.3) is 0 Å². The zero-order valence-corrected chi connectivity index (χ0v) is 10.4. The molecule has 1 unspecified atom stereocenters. The second-order valence-corrected chi connectivity index (χ2v) is 8.39. The molecule has 0 spiro atoms. The summed E-state index contributed by atoms with van der Waals surface area (Å²) in [6.07, 6.45) is 8.59. The first kappa shape index (κ1) is 11.3. The molecule has 0 aromatic rings. The minimum Gasteiger partial charge on any atom is -0.328 e. The van der Waals surface area contributed by atoms with Crippen molar-refractivity contribution in [2.75, 3.05) is 0 Å². The predicted molar refractivity (Wildman–Crippen MR) is 62.9 cm³/mol. The van der Waals surface area contributed by atoms with Crippen LogP contribution in [0.1, 0.15) is 38.5 Å². The Morgan fingerprint density at radius 2 is 1.85 bits per heavy atom. The van der Waals surface area contributed by atoms with E-state index in [1.54, 1.807) is 0 Å². The summed E-state index contributed by atoms with van der Waals surface area (Å²) in [5.41, 5.74) is 6.14. The summed E-state index contributed by atoms with van der Waals surface area (Å²) in [5, 5.41) is 0. The molecule has 2 heteroatoms. The van der Waals surface area contributed by atoms with Crippen molar-refractivity contribution in [1.29, 1.82) is 0 Å². The number of hydrogen-bond acceptors (Lipinski definition) is 1. The standard InChI is InChI=1S/C11H25NSi/c1-13(2)9-11(12)8-10-6-4-3-5-7-10/h10-11,13H,3-9,12H2,1-2H3. The first-order valence-electron chi connectivity index (χ1n) is 5.94. The molecule has 0 aromatic carbocycles. The van der Waals surface area contributed by atoms with Crippen LogP contribution in [0.3, 0.4) is 0 Å². The maximum atomic E-state index is 6.14. The highest BCUT2D eigenvalue weighted by atomic mass is 28.3. The van der Waals surface area contributed by atoms with E-state index in [9.17, 15) is 0 Å². The molecule has 0 heterocycles. The third kappa shape index (κ3) is 4.82. The molecule has 0 aliphatic heterocycles. The summed E-state index contributed by atoms with van der Waals surface area (Å²) >= 11 is 0. The van der Waals surface area contributed by atoms with Crippen LogP contribution in [0.2, 0.25) is 19.1 Å². The molecule has 0 radical (unpaired) electrons. The molecule has 0 bridgehead atoms. The molecule has 0 saturated heterocycles. The van der Waals surface area contributed by atoms with Crippen molar-refractivity contribution < 1.29 is 0 Å². The molecular formula is C11H25NSi. The predicted octanol–water partition coefficient (Wildman–Crippen LogP) is 2.77. The number of nitrogens with two attached hydrogens (primary N) is 1. The largest absolute Gasteiger partial charge is 0.328 e. The van der Waals surface area contributed by atoms with E-state index in [0.717, 1.165) is 5.92 Å². The van der Waals surface area contributed by atoms with Crippen molar-refractivity contribution in [2.45, 2.75) is 63.7 Å². The van der Waals surface area contributed by atoms with Crippen LogP contribution >= 0.6 is 0 Å². The van der Waals surface area contributed by atoms with Gasteiger partial charge in [-0.1, -0.05) is 45.2 Å². The molecule has 1 rings (SSSR count). The SMILES string of the molecule is C[SiH](C)CC(N)CC1CCCCC1. The summed E-state index contributed by atoms with van der Waals surface area (Å²) in [6.45, 7) is 4.81. The van der Waals surface area contributed by atoms with Crippen LogP contribution in [0.4, 0.5) is 0 Å². The van der Waals surface area contributed by atoms with Gasteiger partial charge in [-0.3, -0.25) is 0 Å². The van der Waals surface area contributed by atoms with E-state index >= 15 is 0 Å². The Labute approximate surface area is 84.7 Å². The van der Waals surface area contributed by atoms with Crippen LogP contribution < -0.4 is 5.73 Å². The van der Waals surface area contributed by atoms with Crippen LogP contribution in [-0.2, 0) is 0 Å². The summed E-state index contributed by atoms with van der Waals surface area (Å²) < 4.78 is 0. The number of hydrogen-bond donors (Lipinski definition) is 1. The van der Waals surface area contributed by atoms with E-state index in [4.69, 9.17) is 5.73 Å². The fourth-order valence-corrected chi connectivity index (χ4v) is 3.96. The van der Waals surface area contributed by atoms with Crippen molar-refractivity contribution in [3.8, 4) is 0 Å². The lowest BCUT2D eigenvalue weighted by Gasteiger charge is -2.25. The van der Waals surface area contributed by atoms with E-state index in [2.05, 4.69) is 13.1 Å². The maximum absolute atomic E-state index is 6.14. The Balaban J connectivity index is 2.14. The normalized spacial score (nSPS) is 22.2. The Morgan fingerprint density at radius 3 is 2.38 bits per heavy atom. The average molecular weight is 199 g/mol. The van der Waals surface area contributed by atoms with Gasteiger partial charge in [-0.2, -0.15) is 0 Å². The van der Waals surface area contributed by atoms with Gasteiger partial charge in [-0.25, -0.2) is 0 Å². The molecule has 1 atom stereocenters. The highest BCUT2D eigenvalue weighted by Crippen LogP contribution is 2.27. The molecule has 13 heavy (non-hydrogen) atoms. The van der Waals surface area contributed by atoms with Crippen LogP contribution in [0, 0.1) is 5.92 Å². The molecule has 0 amide bonds. The molecule has 1 fully saturated rings. The Hall–Kier alpha value is 0.177. The van der Waals surface area contributed by atoms with Gasteiger partial charge in [0.05, 0.1) is 0 Å². The van der Waals surface area contributed by atoms with Gasteiger partial charge in [0, 0.05) is 14.8 Å². The molecule has 0 aromatic heterocycles. The lowest BCUT2D eigenvalue weighted by atomic mass is 9.85. The minimum atomic E-state index is -0.425. The maximum Gasteiger partial charge on any atom is 0.0321 e. The monoisotopic (exact) mass is 199 g/mol. The van der Waals surface area contributed by atoms with Crippen molar-refractivity contribution in [3.63, 3.8) is 0 Å². The Bertz CT molecular complexity index is 130. The molecule has 78 valence electrons. The minimum absolute atomic E-state index is 0.425. The van der Waals surface area contributed by atoms with Gasteiger partial charge in [-0.15, -0.1) is 0 Å². The molecule has 1 nitrogen and oxygen atoms in total. The van der Waals surface area contributed by atoms with Gasteiger partial charge in [0.1, 0.15) is 0 Å². The smallest absolute Gasteiger partial charge is 0.0321 e. The first-order chi connectivity index (χ1) is 6.18. The zero-order valence-electron chi connectivity index (χ0n) is 9.26. The van der Waals surface area contributed by atoms with Gasteiger partial charge in [0.15, 0.2) is 0 Å². The lowest BCUT2D eigenvalue weighted by molar-refractivity contribution is 0.322. The third-order valence-corrected chi connectivity index (χ3v) is 4.68. The Kier molecular flexibility index (Phi) is 5.03. The highest BCUT2D eigenvalue weighted by molar-refractivity contribution is 6.55. The molecule has 1 aliphatic carbocycles. The lowest BCUT2D eigenvalue weighted by Crippen LogP contribution is -2.28. The van der Waals surface area contributed by atoms with Crippen molar-refractivity contribution in [3.05, 3.63) is 0 Å².